The molecule has 23 heteroatoms. The number of benzene rings is 1. The fourth-order valence-electron chi connectivity index (χ4n) is 6.00. The lowest BCUT2D eigenvalue weighted by Gasteiger charge is -2.30. The summed E-state index contributed by atoms with van der Waals surface area (Å²) in [4.78, 5) is 127. The molecule has 1 aromatic rings. The molecule has 1 aromatic carbocycles. The van der Waals surface area contributed by atoms with Crippen molar-refractivity contribution < 1.29 is 66.0 Å². The predicted octanol–water partition coefficient (Wildman–Crippen LogP) is -3.36. The number of carbonyl (C=O) groups is 10. The van der Waals surface area contributed by atoms with Crippen LogP contribution in [0.1, 0.15) is 88.9 Å². The Kier molecular flexibility index (Phi) is 21.9. The van der Waals surface area contributed by atoms with Crippen molar-refractivity contribution in [2.75, 3.05) is 6.54 Å². The molecule has 23 nitrogen and oxygen atoms in total. The van der Waals surface area contributed by atoms with Crippen molar-refractivity contribution in [1.82, 2.24) is 37.2 Å². The van der Waals surface area contributed by atoms with Crippen LogP contribution in [0.5, 0.6) is 5.75 Å². The number of nitrogens with two attached hydrogens (primary N) is 3. The zero-order valence-electron chi connectivity index (χ0n) is 39.1. The Morgan fingerprint density at radius 2 is 1.25 bits per heavy atom. The second-order valence-corrected chi connectivity index (χ2v) is 16.5. The topological polar surface area (TPSA) is 394 Å². The van der Waals surface area contributed by atoms with Crippen molar-refractivity contribution in [3.63, 3.8) is 0 Å². The van der Waals surface area contributed by atoms with E-state index in [1.807, 2.05) is 0 Å². The molecule has 0 bridgehead atoms. The van der Waals surface area contributed by atoms with Crippen molar-refractivity contribution in [3.8, 4) is 5.75 Å². The third-order valence-electron chi connectivity index (χ3n) is 9.55. The van der Waals surface area contributed by atoms with Crippen LogP contribution < -0.4 is 54.4 Å². The molecule has 0 heterocycles. The summed E-state index contributed by atoms with van der Waals surface area (Å²) in [6.45, 7) is 10.5. The number of aliphatic carboxylic acids is 1. The lowest BCUT2D eigenvalue weighted by Crippen LogP contribution is -2.59. The first kappa shape index (κ1) is 52.0. The Morgan fingerprint density at radius 3 is 1.77 bits per heavy atom. The highest BCUT2D eigenvalue weighted by molar-refractivity contribution is 5.96. The minimum absolute atomic E-state index is 0.0936. The number of hydrogen-bond donors (Lipinski definition) is 13. The molecular formula is C41H66N10O13. The molecule has 0 saturated carbocycles. The lowest BCUT2D eigenvalue weighted by atomic mass is 9.95. The Bertz CT molecular complexity index is 1910. The van der Waals surface area contributed by atoms with E-state index >= 15 is 0 Å². The SMILES string of the molecule is [3H]c1cc(C[C@H](NC(=O)CNC(=O)[C@H](C)NC(=O)[C@@H](NC(=O)CC(O)[C@H](CC(C)C)NC(=O)[C@H](CC(N)=O)NC(=O)[C@@H](NC(=O)[C@@H](N)CCC(=O)O)C(C)C)C(C)C)C(N)=O)cc([3H])c1O. The van der Waals surface area contributed by atoms with Gasteiger partial charge < -0.3 is 69.7 Å². The van der Waals surface area contributed by atoms with E-state index in [0.717, 1.165) is 0 Å². The first-order chi connectivity index (χ1) is 30.5. The molecule has 9 amide bonds. The number of carbonyl (C=O) groups excluding carboxylic acids is 9. The summed E-state index contributed by atoms with van der Waals surface area (Å²) in [6, 6.07) is -7.44. The zero-order valence-corrected chi connectivity index (χ0v) is 37.1. The summed E-state index contributed by atoms with van der Waals surface area (Å²) in [5, 5.41) is 46.8. The van der Waals surface area contributed by atoms with Crippen LogP contribution in [0, 0.1) is 17.8 Å². The van der Waals surface area contributed by atoms with Gasteiger partial charge >= 0.3 is 5.97 Å². The molecule has 0 saturated heterocycles. The van der Waals surface area contributed by atoms with Gasteiger partial charge in [0.2, 0.25) is 53.2 Å². The summed E-state index contributed by atoms with van der Waals surface area (Å²) in [7, 11) is 0. The fraction of sp³-hybridized carbons (Fsp3) is 0.610. The average molecular weight is 911 g/mol. The first-order valence-electron chi connectivity index (χ1n) is 21.6. The number of carboxylic acid groups (broad SMARTS) is 1. The fourth-order valence-corrected chi connectivity index (χ4v) is 6.00. The smallest absolute Gasteiger partial charge is 0.303 e. The number of hydrogen-bond acceptors (Lipinski definition) is 13. The van der Waals surface area contributed by atoms with E-state index < -0.39 is 151 Å². The molecule has 64 heavy (non-hydrogen) atoms. The number of amides is 9. The number of carboxylic acids is 1. The normalized spacial score (nSPS) is 15.4. The largest absolute Gasteiger partial charge is 0.508 e. The number of rotatable bonds is 28. The molecule has 0 spiro atoms. The minimum Gasteiger partial charge on any atom is -0.508 e. The molecule has 0 fully saturated rings. The number of aliphatic hydroxyl groups is 1. The second kappa shape index (κ2) is 27.0. The average Bonchev–Trinajstić information content (AvgIpc) is 3.20. The standard InChI is InChI=1S/C41H66N10O13/c1-19(2)14-26(48-39(62)28(16-30(43)54)49-41(64)35(21(5)6)51-38(61)25(42)12-13-33(57)58)29(53)17-31(55)50-34(20(3)4)40(63)46-22(7)37(60)45-18-32(56)47-27(36(44)59)15-23-8-10-24(52)11-9-23/h8-11,19-22,25-29,34-35,52-53H,12-18,42H2,1-7H3,(H2,43,54)(H2,44,59)(H,45,60)(H,46,63)(H,47,56)(H,48,62)(H,49,64)(H,50,55)(H,51,61)(H,57,58)/t22-,25-,26-,27-,28-,29?,34-,35-/m0/s1/i10T,11T. The maximum Gasteiger partial charge on any atom is 0.303 e. The van der Waals surface area contributed by atoms with E-state index in [1.165, 1.54) is 19.1 Å². The van der Waals surface area contributed by atoms with Crippen LogP contribution in [0.3, 0.4) is 0 Å². The van der Waals surface area contributed by atoms with Gasteiger partial charge in [-0.05, 0) is 55.2 Å². The highest BCUT2D eigenvalue weighted by atomic mass is 16.4. The van der Waals surface area contributed by atoms with Gasteiger partial charge in [-0.3, -0.25) is 47.9 Å². The first-order valence-corrected chi connectivity index (χ1v) is 20.6. The van der Waals surface area contributed by atoms with Gasteiger partial charge in [-0.1, -0.05) is 53.7 Å². The zero-order chi connectivity index (χ0) is 50.7. The molecule has 358 valence electrons. The van der Waals surface area contributed by atoms with Crippen LogP contribution in [0.15, 0.2) is 24.2 Å². The van der Waals surface area contributed by atoms with E-state index in [9.17, 15) is 58.2 Å². The van der Waals surface area contributed by atoms with E-state index in [-0.39, 0.29) is 42.8 Å². The number of phenols is 1. The molecule has 0 aromatic heterocycles. The highest BCUT2D eigenvalue weighted by Gasteiger charge is 2.34. The highest BCUT2D eigenvalue weighted by Crippen LogP contribution is 2.14. The van der Waals surface area contributed by atoms with Crippen LogP contribution in [0.25, 0.3) is 0 Å². The summed E-state index contributed by atoms with van der Waals surface area (Å²) < 4.78 is 15.4. The van der Waals surface area contributed by atoms with Gasteiger partial charge in [0.15, 0.2) is 0 Å². The number of phenolic OH excluding ortho intramolecular Hbond substituents is 1. The van der Waals surface area contributed by atoms with Crippen LogP contribution in [-0.2, 0) is 54.4 Å². The molecule has 16 N–H and O–H groups in total. The summed E-state index contributed by atoms with van der Waals surface area (Å²) >= 11 is 0. The summed E-state index contributed by atoms with van der Waals surface area (Å²) in [5.74, 6) is -11.0. The van der Waals surface area contributed by atoms with E-state index in [1.54, 1.807) is 41.5 Å². The number of aliphatic hydroxyl groups excluding tert-OH is 1. The maximum absolute atomic E-state index is 13.6. The van der Waals surface area contributed by atoms with Crippen molar-refractivity contribution in [1.29, 1.82) is 0 Å². The van der Waals surface area contributed by atoms with Crippen LogP contribution in [0.2, 0.25) is 0 Å². The third-order valence-corrected chi connectivity index (χ3v) is 9.55. The third kappa shape index (κ3) is 20.7. The minimum atomic E-state index is -1.60. The Balaban J connectivity index is 2.98. The molecule has 8 atom stereocenters. The van der Waals surface area contributed by atoms with Gasteiger partial charge in [-0.15, -0.1) is 0 Å². The van der Waals surface area contributed by atoms with Crippen molar-refractivity contribution in [2.24, 2.45) is 35.0 Å². The monoisotopic (exact) mass is 910 g/mol. The van der Waals surface area contributed by atoms with Crippen LogP contribution in [-0.4, -0.2) is 129 Å². The molecule has 0 radical (unpaired) electrons. The molecule has 1 unspecified atom stereocenters. The quantitative estimate of drug-likeness (QED) is 0.0391. The van der Waals surface area contributed by atoms with Crippen LogP contribution in [0.4, 0.5) is 0 Å². The van der Waals surface area contributed by atoms with Gasteiger partial charge in [-0.25, -0.2) is 0 Å². The second-order valence-electron chi connectivity index (χ2n) is 16.5. The van der Waals surface area contributed by atoms with Crippen LogP contribution >= 0.6 is 0 Å². The maximum atomic E-state index is 13.6. The molecule has 1 rings (SSSR count). The predicted molar refractivity (Wildman–Crippen MR) is 230 cm³/mol. The number of aromatic hydroxyl groups is 1. The van der Waals surface area contributed by atoms with E-state index in [4.69, 9.17) is 25.0 Å². The van der Waals surface area contributed by atoms with Gasteiger partial charge in [0.1, 0.15) is 36.0 Å². The Labute approximate surface area is 374 Å². The Hall–Kier alpha value is -6.36. The number of nitrogens with one attached hydrogen (secondary N) is 7. The number of primary amides is 2. The lowest BCUT2D eigenvalue weighted by molar-refractivity contribution is -0.138. The summed E-state index contributed by atoms with van der Waals surface area (Å²) in [6.07, 6.45) is -3.67. The van der Waals surface area contributed by atoms with Gasteiger partial charge in [0.25, 0.3) is 0 Å². The molecule has 0 aliphatic carbocycles. The van der Waals surface area contributed by atoms with Crippen molar-refractivity contribution in [3.05, 3.63) is 29.8 Å². The summed E-state index contributed by atoms with van der Waals surface area (Å²) in [5.41, 5.74) is 16.8. The molecule has 0 aliphatic rings. The molecule has 0 aliphatic heterocycles. The van der Waals surface area contributed by atoms with Crippen molar-refractivity contribution in [2.45, 2.75) is 135 Å². The molecular weight excluding hydrogens is 841 g/mol. The Morgan fingerprint density at radius 1 is 0.688 bits per heavy atom. The van der Waals surface area contributed by atoms with Crippen molar-refractivity contribution >= 4 is 59.1 Å². The van der Waals surface area contributed by atoms with Gasteiger partial charge in [0, 0.05) is 12.8 Å². The van der Waals surface area contributed by atoms with E-state index in [2.05, 4.69) is 37.2 Å². The van der Waals surface area contributed by atoms with Gasteiger partial charge in [-0.2, -0.15) is 0 Å². The van der Waals surface area contributed by atoms with E-state index in [0.29, 0.717) is 0 Å². The van der Waals surface area contributed by atoms with Gasteiger partial charge in [0.05, 0.1) is 40.3 Å².